The average molecular weight is 235 g/mol. The zero-order valence-electron chi connectivity index (χ0n) is 8.88. The number of carboxylic acids is 1. The number of nitrogens with two attached hydrogens (primary N) is 1. The van der Waals surface area contributed by atoms with Crippen molar-refractivity contribution in [3.05, 3.63) is 41.5 Å². The largest absolute Gasteiger partial charge is 0.480 e. The first-order valence-electron chi connectivity index (χ1n) is 4.77. The Labute approximate surface area is 99.6 Å². The van der Waals surface area contributed by atoms with Crippen LogP contribution >= 0.6 is 12.2 Å². The Morgan fingerprint density at radius 1 is 1.44 bits per heavy atom. The summed E-state index contributed by atoms with van der Waals surface area (Å²) < 4.78 is 0. The van der Waals surface area contributed by atoms with Crippen LogP contribution in [-0.2, 0) is 4.79 Å². The van der Waals surface area contributed by atoms with Gasteiger partial charge in [0.15, 0.2) is 0 Å². The molecule has 84 valence electrons. The van der Waals surface area contributed by atoms with E-state index in [1.54, 1.807) is 13.0 Å². The molecule has 0 aliphatic heterocycles. The Balaban J connectivity index is 3.00. The minimum atomic E-state index is -1.02. The number of hydrogen-bond donors (Lipinski definition) is 2. The van der Waals surface area contributed by atoms with Crippen LogP contribution in [0.1, 0.15) is 12.5 Å². The molecule has 0 spiro atoms. The maximum Gasteiger partial charge on any atom is 0.317 e. The molecule has 4 heteroatoms. The minimum absolute atomic E-state index is 0.0165. The molecule has 0 radical (unpaired) electrons. The van der Waals surface area contributed by atoms with Gasteiger partial charge in [0, 0.05) is 0 Å². The summed E-state index contributed by atoms with van der Waals surface area (Å²) in [5, 5.41) is 8.98. The number of aliphatic carboxylic acids is 1. The summed E-state index contributed by atoms with van der Waals surface area (Å²) in [6.45, 7) is 1.71. The van der Waals surface area contributed by atoms with Gasteiger partial charge in [0.2, 0.25) is 0 Å². The highest BCUT2D eigenvalue weighted by Crippen LogP contribution is 2.15. The van der Waals surface area contributed by atoms with Gasteiger partial charge >= 0.3 is 5.97 Å². The quantitative estimate of drug-likeness (QED) is 0.784. The fraction of sp³-hybridized carbons (Fsp3) is 0.167. The topological polar surface area (TPSA) is 63.3 Å². The Kier molecular flexibility index (Phi) is 4.19. The van der Waals surface area contributed by atoms with Crippen molar-refractivity contribution in [3.8, 4) is 0 Å². The Bertz CT molecular complexity index is 412. The molecule has 1 atom stereocenters. The normalized spacial score (nSPS) is 13.2. The summed E-state index contributed by atoms with van der Waals surface area (Å²) >= 11 is 4.74. The third kappa shape index (κ3) is 3.17. The standard InChI is InChI=1S/C12H13NO2S/c1-8(10(11(13)16)12(14)15)7-9-5-3-2-4-6-9/h2-7,10H,1H3,(H2,13,16)(H,14,15)/b8-7-/t10-/m0/s1. The van der Waals surface area contributed by atoms with E-state index in [1.807, 2.05) is 30.3 Å². The molecule has 3 N–H and O–H groups in total. The van der Waals surface area contributed by atoms with E-state index in [9.17, 15) is 4.79 Å². The predicted molar refractivity (Wildman–Crippen MR) is 68.0 cm³/mol. The number of carbonyl (C=O) groups is 1. The zero-order valence-corrected chi connectivity index (χ0v) is 9.70. The van der Waals surface area contributed by atoms with Gasteiger partial charge < -0.3 is 10.8 Å². The first-order chi connectivity index (χ1) is 7.52. The number of carboxylic acid groups (broad SMARTS) is 1. The van der Waals surface area contributed by atoms with Crippen molar-refractivity contribution in [2.45, 2.75) is 6.92 Å². The van der Waals surface area contributed by atoms with E-state index in [4.69, 9.17) is 23.1 Å². The lowest BCUT2D eigenvalue weighted by Gasteiger charge is -2.11. The fourth-order valence-electron chi connectivity index (χ4n) is 1.44. The van der Waals surface area contributed by atoms with E-state index in [0.717, 1.165) is 5.56 Å². The highest BCUT2D eigenvalue weighted by atomic mass is 32.1. The van der Waals surface area contributed by atoms with Crippen LogP contribution in [0.4, 0.5) is 0 Å². The average Bonchev–Trinajstić information content (AvgIpc) is 2.17. The molecule has 0 amide bonds. The van der Waals surface area contributed by atoms with E-state index in [1.165, 1.54) is 0 Å². The number of thiocarbonyl (C=S) groups is 1. The van der Waals surface area contributed by atoms with Crippen molar-refractivity contribution < 1.29 is 9.90 Å². The molecule has 0 heterocycles. The van der Waals surface area contributed by atoms with Crippen LogP contribution in [0.3, 0.4) is 0 Å². The van der Waals surface area contributed by atoms with Gasteiger partial charge in [0.25, 0.3) is 0 Å². The zero-order chi connectivity index (χ0) is 12.1. The van der Waals surface area contributed by atoms with Gasteiger partial charge in [-0.05, 0) is 12.5 Å². The number of benzene rings is 1. The lowest BCUT2D eigenvalue weighted by Crippen LogP contribution is -2.29. The lowest BCUT2D eigenvalue weighted by molar-refractivity contribution is -0.138. The molecular weight excluding hydrogens is 222 g/mol. The van der Waals surface area contributed by atoms with Crippen LogP contribution in [0, 0.1) is 5.92 Å². The molecule has 16 heavy (non-hydrogen) atoms. The molecule has 1 rings (SSSR count). The molecule has 0 fully saturated rings. The van der Waals surface area contributed by atoms with Crippen LogP contribution < -0.4 is 5.73 Å². The summed E-state index contributed by atoms with van der Waals surface area (Å²) in [5.74, 6) is -1.91. The van der Waals surface area contributed by atoms with Crippen molar-refractivity contribution in [2.75, 3.05) is 0 Å². The predicted octanol–water partition coefficient (Wildman–Crippen LogP) is 2.08. The molecule has 0 saturated heterocycles. The summed E-state index contributed by atoms with van der Waals surface area (Å²) in [6.07, 6.45) is 1.78. The van der Waals surface area contributed by atoms with Crippen LogP contribution in [-0.4, -0.2) is 16.1 Å². The highest BCUT2D eigenvalue weighted by molar-refractivity contribution is 7.80. The van der Waals surface area contributed by atoms with Gasteiger partial charge in [-0.2, -0.15) is 0 Å². The van der Waals surface area contributed by atoms with E-state index in [2.05, 4.69) is 0 Å². The summed E-state index contributed by atoms with van der Waals surface area (Å²) in [4.78, 5) is 10.9. The molecule has 0 aromatic heterocycles. The van der Waals surface area contributed by atoms with Gasteiger partial charge in [-0.25, -0.2) is 0 Å². The van der Waals surface area contributed by atoms with Crippen molar-refractivity contribution in [1.82, 2.24) is 0 Å². The van der Waals surface area contributed by atoms with E-state index >= 15 is 0 Å². The van der Waals surface area contributed by atoms with Gasteiger partial charge in [-0.15, -0.1) is 0 Å². The summed E-state index contributed by atoms with van der Waals surface area (Å²) in [7, 11) is 0. The van der Waals surface area contributed by atoms with Gasteiger partial charge in [-0.1, -0.05) is 54.2 Å². The lowest BCUT2D eigenvalue weighted by atomic mass is 9.98. The van der Waals surface area contributed by atoms with E-state index in [0.29, 0.717) is 5.57 Å². The molecule has 3 nitrogen and oxygen atoms in total. The third-order valence-electron chi connectivity index (χ3n) is 2.18. The summed E-state index contributed by atoms with van der Waals surface area (Å²) in [6, 6.07) is 9.45. The minimum Gasteiger partial charge on any atom is -0.480 e. The molecule has 0 aliphatic rings. The van der Waals surface area contributed by atoms with Gasteiger partial charge in [0.1, 0.15) is 5.92 Å². The van der Waals surface area contributed by atoms with Crippen LogP contribution in [0.2, 0.25) is 0 Å². The summed E-state index contributed by atoms with van der Waals surface area (Å²) in [5.41, 5.74) is 6.97. The Morgan fingerprint density at radius 3 is 2.44 bits per heavy atom. The second kappa shape index (κ2) is 5.42. The third-order valence-corrected chi connectivity index (χ3v) is 2.42. The van der Waals surface area contributed by atoms with Gasteiger partial charge in [0.05, 0.1) is 4.99 Å². The Morgan fingerprint density at radius 2 is 2.00 bits per heavy atom. The monoisotopic (exact) mass is 235 g/mol. The second-order valence-corrected chi connectivity index (χ2v) is 3.94. The smallest absolute Gasteiger partial charge is 0.317 e. The highest BCUT2D eigenvalue weighted by Gasteiger charge is 2.22. The second-order valence-electron chi connectivity index (χ2n) is 3.47. The molecular formula is C12H13NO2S. The number of rotatable bonds is 4. The molecule has 1 aromatic carbocycles. The van der Waals surface area contributed by atoms with Gasteiger partial charge in [-0.3, -0.25) is 4.79 Å². The Hall–Kier alpha value is -1.68. The van der Waals surface area contributed by atoms with Crippen molar-refractivity contribution >= 4 is 29.3 Å². The SMILES string of the molecule is C/C(=C/c1ccccc1)[C@H](C(=O)O)C(N)=S. The number of hydrogen-bond acceptors (Lipinski definition) is 2. The molecule has 0 bridgehead atoms. The first-order valence-corrected chi connectivity index (χ1v) is 5.18. The van der Waals surface area contributed by atoms with E-state index in [-0.39, 0.29) is 4.99 Å². The van der Waals surface area contributed by atoms with Crippen LogP contribution in [0.5, 0.6) is 0 Å². The maximum absolute atomic E-state index is 11.0. The van der Waals surface area contributed by atoms with Crippen molar-refractivity contribution in [1.29, 1.82) is 0 Å². The van der Waals surface area contributed by atoms with Crippen LogP contribution in [0.15, 0.2) is 35.9 Å². The molecule has 0 aliphatic carbocycles. The van der Waals surface area contributed by atoms with Crippen LogP contribution in [0.25, 0.3) is 6.08 Å². The fourth-order valence-corrected chi connectivity index (χ4v) is 1.72. The van der Waals surface area contributed by atoms with Crippen molar-refractivity contribution in [3.63, 3.8) is 0 Å². The van der Waals surface area contributed by atoms with E-state index < -0.39 is 11.9 Å². The first kappa shape index (κ1) is 12.4. The maximum atomic E-state index is 11.0. The van der Waals surface area contributed by atoms with Crippen molar-refractivity contribution in [2.24, 2.45) is 11.7 Å². The molecule has 0 saturated carbocycles. The molecule has 0 unspecified atom stereocenters. The molecule has 1 aromatic rings.